The minimum atomic E-state index is -4.41. The van der Waals surface area contributed by atoms with Crippen LogP contribution in [-0.2, 0) is 14.6 Å². The molecular formula is C10H7ClN6O5S. The van der Waals surface area contributed by atoms with Gasteiger partial charge in [0.15, 0.2) is 11.6 Å². The van der Waals surface area contributed by atoms with E-state index in [0.29, 0.717) is 11.1 Å². The van der Waals surface area contributed by atoms with Crippen molar-refractivity contribution in [2.45, 2.75) is 0 Å². The van der Waals surface area contributed by atoms with E-state index < -0.39 is 10.3 Å². The second kappa shape index (κ2) is 9.07. The summed E-state index contributed by atoms with van der Waals surface area (Å²) in [4.78, 5) is 26.2. The van der Waals surface area contributed by atoms with Crippen LogP contribution in [0.25, 0.3) is 20.9 Å². The van der Waals surface area contributed by atoms with E-state index in [1.54, 1.807) is 24.3 Å². The van der Waals surface area contributed by atoms with Crippen LogP contribution in [0, 0.1) is 0 Å². The SMILES string of the molecule is Cl.O=C1C=CC(=O)c2ccccc21.[N-]=[N+]=NOS(=O)(=O)N=[N+]=[N-]. The Morgan fingerprint density at radius 2 is 1.43 bits per heavy atom. The highest BCUT2D eigenvalue weighted by Crippen LogP contribution is 2.15. The molecule has 1 aliphatic rings. The monoisotopic (exact) mass is 358 g/mol. The molecule has 2 rings (SSSR count). The lowest BCUT2D eigenvalue weighted by Gasteiger charge is -2.06. The molecule has 0 amide bonds. The smallest absolute Gasteiger partial charge is 0.304 e. The van der Waals surface area contributed by atoms with Gasteiger partial charge >= 0.3 is 10.3 Å². The molecule has 0 atom stereocenters. The summed E-state index contributed by atoms with van der Waals surface area (Å²) in [7, 11) is -4.41. The fourth-order valence-electron chi connectivity index (χ4n) is 1.36. The summed E-state index contributed by atoms with van der Waals surface area (Å²) < 4.78 is 25.7. The maximum atomic E-state index is 11.2. The van der Waals surface area contributed by atoms with Crippen LogP contribution in [0.15, 0.2) is 46.2 Å². The number of rotatable bonds is 3. The minimum Gasteiger partial charge on any atom is -0.304 e. The maximum Gasteiger partial charge on any atom is 0.409 e. The van der Waals surface area contributed by atoms with Crippen molar-refractivity contribution in [2.75, 3.05) is 0 Å². The molecule has 0 radical (unpaired) electrons. The molecule has 1 aliphatic carbocycles. The molecule has 0 saturated heterocycles. The van der Waals surface area contributed by atoms with Crippen LogP contribution in [0.3, 0.4) is 0 Å². The van der Waals surface area contributed by atoms with Gasteiger partial charge in [-0.3, -0.25) is 9.59 Å². The second-order valence-electron chi connectivity index (χ2n) is 3.45. The van der Waals surface area contributed by atoms with Crippen molar-refractivity contribution in [1.29, 1.82) is 0 Å². The first kappa shape index (κ1) is 20.0. The zero-order valence-electron chi connectivity index (χ0n) is 11.0. The topological polar surface area (TPSA) is 175 Å². The van der Waals surface area contributed by atoms with Crippen molar-refractivity contribution in [3.63, 3.8) is 0 Å². The Morgan fingerprint density at radius 1 is 0.957 bits per heavy atom. The van der Waals surface area contributed by atoms with Crippen LogP contribution in [0.2, 0.25) is 0 Å². The highest BCUT2D eigenvalue weighted by molar-refractivity contribution is 7.85. The molecule has 0 spiro atoms. The molecule has 0 heterocycles. The normalized spacial score (nSPS) is 11.5. The Kier molecular flexibility index (Phi) is 7.88. The third-order valence-electron chi connectivity index (χ3n) is 2.14. The van der Waals surface area contributed by atoms with Gasteiger partial charge in [-0.2, -0.15) is 8.42 Å². The second-order valence-corrected chi connectivity index (χ2v) is 4.62. The number of ketones is 2. The van der Waals surface area contributed by atoms with E-state index in [-0.39, 0.29) is 24.0 Å². The maximum absolute atomic E-state index is 11.2. The zero-order chi connectivity index (χ0) is 16.6. The molecule has 0 aliphatic heterocycles. The highest BCUT2D eigenvalue weighted by Gasteiger charge is 2.16. The molecule has 11 nitrogen and oxygen atoms in total. The molecule has 1 aromatic rings. The summed E-state index contributed by atoms with van der Waals surface area (Å²) in [6.45, 7) is 0. The third kappa shape index (κ3) is 6.08. The largest absolute Gasteiger partial charge is 0.409 e. The molecule has 0 unspecified atom stereocenters. The lowest BCUT2D eigenvalue weighted by Crippen LogP contribution is -2.10. The molecule has 0 fully saturated rings. The first-order valence-corrected chi connectivity index (χ1v) is 6.68. The predicted octanol–water partition coefficient (Wildman–Crippen LogP) is 2.83. The van der Waals surface area contributed by atoms with Crippen LogP contribution >= 0.6 is 12.4 Å². The number of allylic oxidation sites excluding steroid dienone is 2. The summed E-state index contributed by atoms with van der Waals surface area (Å²) in [5, 5.41) is 2.19. The molecule has 0 aromatic heterocycles. The molecule has 0 bridgehead atoms. The first-order chi connectivity index (χ1) is 10.4. The van der Waals surface area contributed by atoms with Crippen molar-refractivity contribution < 1.29 is 22.3 Å². The van der Waals surface area contributed by atoms with Gasteiger partial charge in [0.05, 0.1) is 4.52 Å². The Bertz CT molecular complexity index is 802. The van der Waals surface area contributed by atoms with Gasteiger partial charge in [0.1, 0.15) is 5.28 Å². The van der Waals surface area contributed by atoms with Gasteiger partial charge in [-0.15, -0.1) is 12.4 Å². The summed E-state index contributed by atoms with van der Waals surface area (Å²) in [6, 6.07) is 6.84. The van der Waals surface area contributed by atoms with Crippen LogP contribution < -0.4 is 0 Å². The van der Waals surface area contributed by atoms with Gasteiger partial charge in [-0.05, 0) is 23.2 Å². The number of benzene rings is 1. The number of carbonyl (C=O) groups is 2. The van der Waals surface area contributed by atoms with E-state index in [1.165, 1.54) is 12.2 Å². The summed E-state index contributed by atoms with van der Waals surface area (Å²) in [5.74, 6) is -0.185. The third-order valence-corrected chi connectivity index (χ3v) is 2.67. The van der Waals surface area contributed by atoms with Gasteiger partial charge in [-0.25, -0.2) is 0 Å². The van der Waals surface area contributed by atoms with Crippen molar-refractivity contribution in [3.05, 3.63) is 68.4 Å². The number of azide groups is 2. The number of nitrogens with zero attached hydrogens (tertiary/aromatic N) is 6. The highest BCUT2D eigenvalue weighted by atomic mass is 35.5. The standard InChI is InChI=1S/C10H6O2.ClH.N6O3S/c11-9-5-6-10(12)8-4-2-1-3-7(8)9;;1-3-5-9-10(7,8)6-4-2/h1-6H;1H;. The van der Waals surface area contributed by atoms with E-state index in [1.807, 2.05) is 9.82 Å². The molecule has 0 saturated carbocycles. The fraction of sp³-hybridized carbons (Fsp3) is 0. The number of halogens is 1. The zero-order valence-corrected chi connectivity index (χ0v) is 12.6. The Hall–Kier alpha value is -3.04. The van der Waals surface area contributed by atoms with Gasteiger partial charge < -0.3 is 4.28 Å². The van der Waals surface area contributed by atoms with Gasteiger partial charge in [0.2, 0.25) is 0 Å². The molecule has 13 heteroatoms. The number of carbonyl (C=O) groups excluding carboxylic acids is 2. The van der Waals surface area contributed by atoms with Crippen LogP contribution in [-0.4, -0.2) is 20.0 Å². The summed E-state index contributed by atoms with van der Waals surface area (Å²) in [6.07, 6.45) is 2.62. The van der Waals surface area contributed by atoms with E-state index in [0.717, 1.165) is 0 Å². The minimum absolute atomic E-state index is 0. The van der Waals surface area contributed by atoms with E-state index in [4.69, 9.17) is 11.1 Å². The van der Waals surface area contributed by atoms with Crippen LogP contribution in [0.1, 0.15) is 20.7 Å². The predicted molar refractivity (Wildman–Crippen MR) is 79.8 cm³/mol. The molecule has 1 aromatic carbocycles. The summed E-state index contributed by atoms with van der Waals surface area (Å²) >= 11 is 0. The first-order valence-electron chi connectivity index (χ1n) is 5.31. The number of hydrogen-bond donors (Lipinski definition) is 0. The summed E-state index contributed by atoms with van der Waals surface area (Å²) in [5.41, 5.74) is 16.1. The van der Waals surface area contributed by atoms with Crippen molar-refractivity contribution in [1.82, 2.24) is 0 Å². The lowest BCUT2D eigenvalue weighted by atomic mass is 9.95. The molecule has 23 heavy (non-hydrogen) atoms. The molecule has 0 N–H and O–H groups in total. The van der Waals surface area contributed by atoms with Crippen molar-refractivity contribution in [3.8, 4) is 0 Å². The van der Waals surface area contributed by atoms with E-state index >= 15 is 0 Å². The lowest BCUT2D eigenvalue weighted by molar-refractivity contribution is 0.0994. The van der Waals surface area contributed by atoms with Crippen LogP contribution in [0.4, 0.5) is 0 Å². The molecule has 120 valence electrons. The number of fused-ring (bicyclic) bond motifs is 1. The van der Waals surface area contributed by atoms with Gasteiger partial charge in [-0.1, -0.05) is 24.3 Å². The van der Waals surface area contributed by atoms with Gasteiger partial charge in [0, 0.05) is 21.0 Å². The Labute approximate surface area is 135 Å². The Balaban J connectivity index is 0.000000412. The van der Waals surface area contributed by atoms with E-state index in [9.17, 15) is 18.0 Å². The Morgan fingerprint density at radius 3 is 1.83 bits per heavy atom. The average Bonchev–Trinajstić information content (AvgIpc) is 2.50. The van der Waals surface area contributed by atoms with Crippen molar-refractivity contribution >= 4 is 34.3 Å². The quantitative estimate of drug-likeness (QED) is 0.348. The molecular weight excluding hydrogens is 352 g/mol. The van der Waals surface area contributed by atoms with Crippen molar-refractivity contribution in [2.24, 2.45) is 9.80 Å². The van der Waals surface area contributed by atoms with Crippen LogP contribution in [0.5, 0.6) is 0 Å². The number of hydrogen-bond acceptors (Lipinski definition) is 6. The fourth-order valence-corrected chi connectivity index (χ4v) is 1.59. The van der Waals surface area contributed by atoms with Gasteiger partial charge in [0.25, 0.3) is 0 Å². The van der Waals surface area contributed by atoms with E-state index in [2.05, 4.69) is 14.1 Å². The average molecular weight is 359 g/mol.